The maximum Gasteiger partial charge on any atom is 0.250 e. The van der Waals surface area contributed by atoms with Crippen LogP contribution in [0.15, 0.2) is 36.7 Å². The number of Topliss-reactive ketones (excluding diaryl/α,β-unsaturated/α-hetero) is 1. The zero-order valence-electron chi connectivity index (χ0n) is 15.0. The number of nitrogens with one attached hydrogen (secondary N) is 1. The molecule has 1 saturated heterocycles. The van der Waals surface area contributed by atoms with Crippen molar-refractivity contribution in [1.82, 2.24) is 20.1 Å². The van der Waals surface area contributed by atoms with E-state index < -0.39 is 5.92 Å². The quantitative estimate of drug-likeness (QED) is 0.704. The van der Waals surface area contributed by atoms with Crippen LogP contribution in [-0.4, -0.2) is 44.9 Å². The summed E-state index contributed by atoms with van der Waals surface area (Å²) in [5.74, 6) is -2.63. The molecule has 0 bridgehead atoms. The van der Waals surface area contributed by atoms with Gasteiger partial charge in [0, 0.05) is 62.7 Å². The minimum Gasteiger partial charge on any atom is -0.299 e. The van der Waals surface area contributed by atoms with Gasteiger partial charge in [0.1, 0.15) is 5.69 Å². The van der Waals surface area contributed by atoms with Crippen LogP contribution in [0.4, 0.5) is 8.78 Å². The Morgan fingerprint density at radius 3 is 2.70 bits per heavy atom. The third-order valence-electron chi connectivity index (χ3n) is 5.02. The summed E-state index contributed by atoms with van der Waals surface area (Å²) in [6.45, 7) is 2.87. The van der Waals surface area contributed by atoms with Crippen LogP contribution < -0.4 is 0 Å². The number of aromatic nitrogens is 3. The number of H-pyrrole nitrogens is 1. The zero-order chi connectivity index (χ0) is 19.0. The van der Waals surface area contributed by atoms with Gasteiger partial charge in [-0.1, -0.05) is 6.07 Å². The number of hydrogen-bond acceptors (Lipinski definition) is 4. The number of alkyl halides is 2. The average Bonchev–Trinajstić information content (AvgIpc) is 3.07. The fourth-order valence-electron chi connectivity index (χ4n) is 3.49. The van der Waals surface area contributed by atoms with Crippen LogP contribution in [0, 0.1) is 0 Å². The fraction of sp³-hybridized carbons (Fsp3) is 0.350. The largest absolute Gasteiger partial charge is 0.299 e. The van der Waals surface area contributed by atoms with Crippen molar-refractivity contribution >= 4 is 16.7 Å². The van der Waals surface area contributed by atoms with Crippen LogP contribution >= 0.6 is 0 Å². The third-order valence-corrected chi connectivity index (χ3v) is 5.02. The van der Waals surface area contributed by atoms with Crippen molar-refractivity contribution < 1.29 is 13.6 Å². The summed E-state index contributed by atoms with van der Waals surface area (Å²) in [4.78, 5) is 18.1. The molecule has 0 spiro atoms. The van der Waals surface area contributed by atoms with Gasteiger partial charge in [-0.2, -0.15) is 5.10 Å². The molecule has 27 heavy (non-hydrogen) atoms. The first kappa shape index (κ1) is 17.7. The highest BCUT2D eigenvalue weighted by Crippen LogP contribution is 2.29. The number of nitrogens with zero attached hydrogens (tertiary/aromatic N) is 3. The van der Waals surface area contributed by atoms with Crippen molar-refractivity contribution in [3.8, 4) is 11.1 Å². The first-order valence-corrected chi connectivity index (χ1v) is 8.95. The molecule has 7 heteroatoms. The normalized spacial score (nSPS) is 17.3. The molecule has 0 aliphatic carbocycles. The summed E-state index contributed by atoms with van der Waals surface area (Å²) < 4.78 is 26.6. The number of pyridine rings is 1. The number of halogens is 2. The molecular formula is C20H20F2N4O. The van der Waals surface area contributed by atoms with Gasteiger partial charge in [0.15, 0.2) is 5.78 Å². The highest BCUT2D eigenvalue weighted by Gasteiger charge is 2.33. The summed E-state index contributed by atoms with van der Waals surface area (Å²) >= 11 is 0. The van der Waals surface area contributed by atoms with Crippen LogP contribution in [0.1, 0.15) is 35.8 Å². The van der Waals surface area contributed by atoms with Gasteiger partial charge in [-0.15, -0.1) is 0 Å². The molecule has 3 heterocycles. The molecule has 1 aliphatic rings. The Balaban J connectivity index is 1.58. The highest BCUT2D eigenvalue weighted by molar-refractivity contribution is 6.05. The first-order chi connectivity index (χ1) is 12.9. The van der Waals surface area contributed by atoms with Crippen LogP contribution in [0.2, 0.25) is 0 Å². The Bertz CT molecular complexity index is 989. The number of carbonyl (C=O) groups is 1. The van der Waals surface area contributed by atoms with Crippen LogP contribution in [0.5, 0.6) is 0 Å². The lowest BCUT2D eigenvalue weighted by Gasteiger charge is -2.31. The van der Waals surface area contributed by atoms with E-state index in [4.69, 9.17) is 0 Å². The molecule has 3 aromatic rings. The highest BCUT2D eigenvalue weighted by atomic mass is 19.3. The predicted molar refractivity (Wildman–Crippen MR) is 98.8 cm³/mol. The number of rotatable bonds is 4. The second kappa shape index (κ2) is 6.81. The minimum atomic E-state index is -2.54. The Labute approximate surface area is 155 Å². The third kappa shape index (κ3) is 3.73. The Hall–Kier alpha value is -2.67. The van der Waals surface area contributed by atoms with Crippen molar-refractivity contribution in [2.45, 2.75) is 32.2 Å². The topological polar surface area (TPSA) is 61.9 Å². The fourth-order valence-corrected chi connectivity index (χ4v) is 3.49. The molecule has 0 amide bonds. The van der Waals surface area contributed by atoms with E-state index in [0.717, 1.165) is 27.6 Å². The Morgan fingerprint density at radius 2 is 1.96 bits per heavy atom. The number of piperidine rings is 1. The van der Waals surface area contributed by atoms with Crippen LogP contribution in [0.25, 0.3) is 22.0 Å². The van der Waals surface area contributed by atoms with Crippen molar-refractivity contribution in [2.75, 3.05) is 13.1 Å². The van der Waals surface area contributed by atoms with Gasteiger partial charge in [-0.05, 0) is 29.3 Å². The summed E-state index contributed by atoms with van der Waals surface area (Å²) in [5.41, 5.74) is 4.07. The Kier molecular flexibility index (Phi) is 4.47. The van der Waals surface area contributed by atoms with Crippen molar-refractivity contribution in [3.63, 3.8) is 0 Å². The summed E-state index contributed by atoms with van der Waals surface area (Å²) in [6, 6.07) is 7.79. The van der Waals surface area contributed by atoms with E-state index in [1.165, 1.54) is 6.92 Å². The van der Waals surface area contributed by atoms with Gasteiger partial charge < -0.3 is 0 Å². The van der Waals surface area contributed by atoms with Gasteiger partial charge in [0.05, 0.1) is 5.52 Å². The molecule has 0 atom stereocenters. The van der Waals surface area contributed by atoms with E-state index in [-0.39, 0.29) is 18.6 Å². The lowest BCUT2D eigenvalue weighted by atomic mass is 10.0. The minimum absolute atomic E-state index is 0.0906. The molecule has 0 saturated carbocycles. The maximum atomic E-state index is 13.3. The number of likely N-dealkylation sites (tertiary alicyclic amines) is 1. The molecule has 140 valence electrons. The number of fused-ring (bicyclic) bond motifs is 1. The molecule has 0 unspecified atom stereocenters. The molecule has 0 radical (unpaired) electrons. The van der Waals surface area contributed by atoms with E-state index in [1.54, 1.807) is 12.4 Å². The molecule has 5 nitrogen and oxygen atoms in total. The van der Waals surface area contributed by atoms with E-state index >= 15 is 0 Å². The predicted octanol–water partition coefficient (Wildman–Crippen LogP) is 4.06. The number of benzene rings is 1. The van der Waals surface area contributed by atoms with Crippen molar-refractivity contribution in [2.24, 2.45) is 0 Å². The average molecular weight is 370 g/mol. The molecule has 4 rings (SSSR count). The number of aromatic amines is 1. The molecule has 1 aromatic carbocycles. The monoisotopic (exact) mass is 370 g/mol. The lowest BCUT2D eigenvalue weighted by molar-refractivity contribution is -0.0566. The van der Waals surface area contributed by atoms with E-state index in [2.05, 4.69) is 15.2 Å². The second-order valence-electron chi connectivity index (χ2n) is 7.10. The van der Waals surface area contributed by atoms with Gasteiger partial charge in [0.25, 0.3) is 5.92 Å². The van der Waals surface area contributed by atoms with E-state index in [0.29, 0.717) is 25.3 Å². The molecule has 1 aliphatic heterocycles. The number of hydrogen-bond donors (Lipinski definition) is 1. The van der Waals surface area contributed by atoms with Gasteiger partial charge in [0.2, 0.25) is 0 Å². The SMILES string of the molecule is CC(=O)c1n[nH]c2ccc(-c3cncc(CN4CCC(F)(F)CC4)c3)cc12. The molecule has 1 N–H and O–H groups in total. The molecular weight excluding hydrogens is 350 g/mol. The lowest BCUT2D eigenvalue weighted by Crippen LogP contribution is -2.38. The smallest absolute Gasteiger partial charge is 0.250 e. The summed E-state index contributed by atoms with van der Waals surface area (Å²) in [7, 11) is 0. The first-order valence-electron chi connectivity index (χ1n) is 8.95. The Morgan fingerprint density at radius 1 is 1.19 bits per heavy atom. The standard InChI is InChI=1S/C20H20F2N4O/c1-13(27)19-17-9-15(2-3-18(17)24-25-19)16-8-14(10-23-11-16)12-26-6-4-20(21,22)5-7-26/h2-3,8-11H,4-7,12H2,1H3,(H,24,25). The van der Waals surface area contributed by atoms with Crippen molar-refractivity contribution in [1.29, 1.82) is 0 Å². The van der Waals surface area contributed by atoms with Gasteiger partial charge in [-0.25, -0.2) is 8.78 Å². The second-order valence-corrected chi connectivity index (χ2v) is 7.10. The van der Waals surface area contributed by atoms with Crippen LogP contribution in [0.3, 0.4) is 0 Å². The molecule has 1 fully saturated rings. The molecule has 2 aromatic heterocycles. The van der Waals surface area contributed by atoms with Gasteiger partial charge >= 0.3 is 0 Å². The van der Waals surface area contributed by atoms with Gasteiger partial charge in [-0.3, -0.25) is 19.8 Å². The number of carbonyl (C=O) groups excluding carboxylic acids is 1. The van der Waals surface area contributed by atoms with Crippen molar-refractivity contribution in [3.05, 3.63) is 47.9 Å². The zero-order valence-corrected chi connectivity index (χ0v) is 15.0. The van der Waals surface area contributed by atoms with Crippen LogP contribution in [-0.2, 0) is 6.54 Å². The summed E-state index contributed by atoms with van der Waals surface area (Å²) in [5, 5.41) is 7.73. The maximum absolute atomic E-state index is 13.3. The van der Waals surface area contributed by atoms with E-state index in [9.17, 15) is 13.6 Å². The number of ketones is 1. The summed E-state index contributed by atoms with van der Waals surface area (Å²) in [6.07, 6.45) is 3.35. The van der Waals surface area contributed by atoms with E-state index in [1.807, 2.05) is 29.2 Å².